The fourth-order valence-corrected chi connectivity index (χ4v) is 1.91. The van der Waals surface area contributed by atoms with Gasteiger partial charge in [0.2, 0.25) is 0 Å². The lowest BCUT2D eigenvalue weighted by atomic mass is 9.94. The van der Waals surface area contributed by atoms with Crippen LogP contribution in [0.4, 0.5) is 10.5 Å². The lowest BCUT2D eigenvalue weighted by Gasteiger charge is -2.30. The average Bonchev–Trinajstić information content (AvgIpc) is 2.40. The summed E-state index contributed by atoms with van der Waals surface area (Å²) in [4.78, 5) is 12.0. The van der Waals surface area contributed by atoms with E-state index in [9.17, 15) is 9.90 Å². The van der Waals surface area contributed by atoms with Crippen LogP contribution in [0, 0.1) is 13.8 Å². The van der Waals surface area contributed by atoms with Crippen LogP contribution in [0.15, 0.2) is 18.2 Å². The summed E-state index contributed by atoms with van der Waals surface area (Å²) >= 11 is 0. The molecule has 3 N–H and O–H groups in total. The highest BCUT2D eigenvalue weighted by atomic mass is 16.3. The van der Waals surface area contributed by atoms with Crippen LogP contribution < -0.4 is 10.6 Å². The Morgan fingerprint density at radius 1 is 1.21 bits per heavy atom. The maximum atomic E-state index is 12.0. The Hall–Kier alpha value is -1.55. The molecule has 106 valence electrons. The summed E-state index contributed by atoms with van der Waals surface area (Å²) in [6, 6.07) is 5.51. The normalized spacial score (nSPS) is 11.2. The van der Waals surface area contributed by atoms with E-state index in [0.29, 0.717) is 12.8 Å². The number of anilines is 1. The summed E-state index contributed by atoms with van der Waals surface area (Å²) in [6.45, 7) is 7.89. The molecule has 4 nitrogen and oxygen atoms in total. The number of hydrogen-bond donors (Lipinski definition) is 3. The van der Waals surface area contributed by atoms with Crippen LogP contribution >= 0.6 is 0 Å². The standard InChI is InChI=1S/C15H24N2O2/c1-5-15(6-2,10-18)17-14(19)16-13-8-7-11(3)12(4)9-13/h7-9,18H,5-6,10H2,1-4H3,(H2,16,17,19). The molecule has 0 spiro atoms. The van der Waals surface area contributed by atoms with Crippen molar-refractivity contribution in [3.63, 3.8) is 0 Å². The van der Waals surface area contributed by atoms with E-state index in [0.717, 1.165) is 11.3 Å². The van der Waals surface area contributed by atoms with Gasteiger partial charge in [-0.15, -0.1) is 0 Å². The molecule has 0 aromatic heterocycles. The van der Waals surface area contributed by atoms with Crippen molar-refractivity contribution in [3.05, 3.63) is 29.3 Å². The summed E-state index contributed by atoms with van der Waals surface area (Å²) in [5, 5.41) is 15.1. The van der Waals surface area contributed by atoms with E-state index >= 15 is 0 Å². The largest absolute Gasteiger partial charge is 0.394 e. The monoisotopic (exact) mass is 264 g/mol. The number of hydrogen-bond acceptors (Lipinski definition) is 2. The molecule has 0 bridgehead atoms. The number of amides is 2. The molecule has 0 atom stereocenters. The lowest BCUT2D eigenvalue weighted by molar-refractivity contribution is 0.155. The predicted molar refractivity (Wildman–Crippen MR) is 78.5 cm³/mol. The van der Waals surface area contributed by atoms with Crippen molar-refractivity contribution in [2.24, 2.45) is 0 Å². The second-order valence-electron chi connectivity index (χ2n) is 5.02. The molecule has 1 rings (SSSR count). The molecular formula is C15H24N2O2. The highest BCUT2D eigenvalue weighted by Gasteiger charge is 2.27. The minimum atomic E-state index is -0.538. The van der Waals surface area contributed by atoms with Crippen molar-refractivity contribution in [3.8, 4) is 0 Å². The maximum absolute atomic E-state index is 12.0. The number of benzene rings is 1. The van der Waals surface area contributed by atoms with E-state index in [2.05, 4.69) is 10.6 Å². The molecule has 0 saturated carbocycles. The van der Waals surface area contributed by atoms with Gasteiger partial charge >= 0.3 is 6.03 Å². The van der Waals surface area contributed by atoms with Gasteiger partial charge in [0.25, 0.3) is 0 Å². The first-order valence-electron chi connectivity index (χ1n) is 6.73. The van der Waals surface area contributed by atoms with Gasteiger partial charge in [0.15, 0.2) is 0 Å². The van der Waals surface area contributed by atoms with Crippen molar-refractivity contribution in [2.75, 3.05) is 11.9 Å². The molecule has 0 aliphatic rings. The van der Waals surface area contributed by atoms with Gasteiger partial charge in [0.1, 0.15) is 0 Å². The second-order valence-corrected chi connectivity index (χ2v) is 5.02. The SMILES string of the molecule is CCC(CC)(CO)NC(=O)Nc1ccc(C)c(C)c1. The number of nitrogens with one attached hydrogen (secondary N) is 2. The first-order valence-corrected chi connectivity index (χ1v) is 6.73. The zero-order valence-corrected chi connectivity index (χ0v) is 12.2. The molecule has 0 unspecified atom stereocenters. The van der Waals surface area contributed by atoms with Crippen molar-refractivity contribution >= 4 is 11.7 Å². The third-order valence-electron chi connectivity index (χ3n) is 3.80. The zero-order valence-electron chi connectivity index (χ0n) is 12.2. The smallest absolute Gasteiger partial charge is 0.319 e. The van der Waals surface area contributed by atoms with E-state index in [4.69, 9.17) is 0 Å². The van der Waals surface area contributed by atoms with Gasteiger partial charge < -0.3 is 15.7 Å². The Morgan fingerprint density at radius 2 is 1.84 bits per heavy atom. The van der Waals surface area contributed by atoms with Crippen LogP contribution in [-0.4, -0.2) is 23.3 Å². The van der Waals surface area contributed by atoms with Crippen LogP contribution in [0.1, 0.15) is 37.8 Å². The van der Waals surface area contributed by atoms with Crippen LogP contribution in [0.25, 0.3) is 0 Å². The van der Waals surface area contributed by atoms with E-state index in [1.165, 1.54) is 5.56 Å². The summed E-state index contributed by atoms with van der Waals surface area (Å²) in [6.07, 6.45) is 1.39. The average molecular weight is 264 g/mol. The van der Waals surface area contributed by atoms with E-state index < -0.39 is 5.54 Å². The number of aliphatic hydroxyl groups excluding tert-OH is 1. The fourth-order valence-electron chi connectivity index (χ4n) is 1.91. The molecular weight excluding hydrogens is 240 g/mol. The summed E-state index contributed by atoms with van der Waals surface area (Å²) in [5.74, 6) is 0. The molecule has 4 heteroatoms. The molecule has 0 heterocycles. The van der Waals surface area contributed by atoms with Gasteiger partial charge in [-0.1, -0.05) is 19.9 Å². The zero-order chi connectivity index (χ0) is 14.5. The lowest BCUT2D eigenvalue weighted by Crippen LogP contribution is -2.52. The molecule has 1 aromatic carbocycles. The number of carbonyl (C=O) groups is 1. The highest BCUT2D eigenvalue weighted by Crippen LogP contribution is 2.16. The number of aliphatic hydroxyl groups is 1. The Labute approximate surface area is 115 Å². The van der Waals surface area contributed by atoms with E-state index in [1.54, 1.807) is 0 Å². The van der Waals surface area contributed by atoms with Crippen molar-refractivity contribution < 1.29 is 9.90 Å². The van der Waals surface area contributed by atoms with Gasteiger partial charge in [-0.3, -0.25) is 0 Å². The first-order chi connectivity index (χ1) is 8.96. The second kappa shape index (κ2) is 6.57. The summed E-state index contributed by atoms with van der Waals surface area (Å²) in [5.41, 5.74) is 2.55. The molecule has 0 aliphatic carbocycles. The predicted octanol–water partition coefficient (Wildman–Crippen LogP) is 2.98. The number of rotatable bonds is 5. The van der Waals surface area contributed by atoms with E-state index in [1.807, 2.05) is 45.9 Å². The first kappa shape index (κ1) is 15.5. The van der Waals surface area contributed by atoms with Crippen molar-refractivity contribution in [2.45, 2.75) is 46.1 Å². The quantitative estimate of drug-likeness (QED) is 0.765. The Balaban J connectivity index is 2.71. The highest BCUT2D eigenvalue weighted by molar-refractivity contribution is 5.89. The van der Waals surface area contributed by atoms with Crippen LogP contribution in [0.3, 0.4) is 0 Å². The van der Waals surface area contributed by atoms with Gasteiger partial charge in [-0.05, 0) is 49.9 Å². The van der Waals surface area contributed by atoms with Crippen molar-refractivity contribution in [1.29, 1.82) is 0 Å². The summed E-state index contributed by atoms with van der Waals surface area (Å²) < 4.78 is 0. The molecule has 1 aromatic rings. The molecule has 2 amide bonds. The van der Waals surface area contributed by atoms with E-state index in [-0.39, 0.29) is 12.6 Å². The minimum Gasteiger partial charge on any atom is -0.394 e. The van der Waals surface area contributed by atoms with Gasteiger partial charge in [-0.2, -0.15) is 0 Å². The van der Waals surface area contributed by atoms with Gasteiger partial charge in [0.05, 0.1) is 12.1 Å². The van der Waals surface area contributed by atoms with Crippen LogP contribution in [0.5, 0.6) is 0 Å². The minimum absolute atomic E-state index is 0.0552. The molecule has 0 radical (unpaired) electrons. The third kappa shape index (κ3) is 3.96. The number of urea groups is 1. The molecule has 19 heavy (non-hydrogen) atoms. The Bertz CT molecular complexity index is 432. The molecule has 0 saturated heterocycles. The molecule has 0 aliphatic heterocycles. The summed E-state index contributed by atoms with van der Waals surface area (Å²) in [7, 11) is 0. The van der Waals surface area contributed by atoms with Crippen molar-refractivity contribution in [1.82, 2.24) is 5.32 Å². The van der Waals surface area contributed by atoms with Crippen LogP contribution in [-0.2, 0) is 0 Å². The van der Waals surface area contributed by atoms with Gasteiger partial charge in [-0.25, -0.2) is 4.79 Å². The number of aryl methyl sites for hydroxylation is 2. The maximum Gasteiger partial charge on any atom is 0.319 e. The Morgan fingerprint density at radius 3 is 2.32 bits per heavy atom. The Kier molecular flexibility index (Phi) is 5.36. The third-order valence-corrected chi connectivity index (χ3v) is 3.80. The topological polar surface area (TPSA) is 61.4 Å². The van der Waals surface area contributed by atoms with Crippen LogP contribution in [0.2, 0.25) is 0 Å². The number of carbonyl (C=O) groups excluding carboxylic acids is 1. The molecule has 0 fully saturated rings. The van der Waals surface area contributed by atoms with Gasteiger partial charge in [0, 0.05) is 5.69 Å². The fraction of sp³-hybridized carbons (Fsp3) is 0.533.